The SMILES string of the molecule is CCC1N=C2C=C(N3CCOc4cc(C(=O)O)cnc43)C=CN2C1=O. The first-order valence-corrected chi connectivity index (χ1v) is 8.03. The van der Waals surface area contributed by atoms with Gasteiger partial charge in [-0.05, 0) is 12.5 Å². The lowest BCUT2D eigenvalue weighted by Gasteiger charge is -2.32. The predicted molar refractivity (Wildman–Crippen MR) is 89.6 cm³/mol. The third kappa shape index (κ3) is 2.46. The number of carboxylic acid groups (broad SMARTS) is 1. The van der Waals surface area contributed by atoms with Gasteiger partial charge < -0.3 is 14.7 Å². The van der Waals surface area contributed by atoms with Gasteiger partial charge >= 0.3 is 5.97 Å². The zero-order chi connectivity index (χ0) is 17.6. The van der Waals surface area contributed by atoms with E-state index in [0.717, 1.165) is 5.70 Å². The maximum atomic E-state index is 12.2. The summed E-state index contributed by atoms with van der Waals surface area (Å²) >= 11 is 0. The van der Waals surface area contributed by atoms with E-state index < -0.39 is 5.97 Å². The lowest BCUT2D eigenvalue weighted by atomic mass is 10.2. The summed E-state index contributed by atoms with van der Waals surface area (Å²) < 4.78 is 5.56. The Labute approximate surface area is 143 Å². The van der Waals surface area contributed by atoms with Crippen molar-refractivity contribution in [3.8, 4) is 5.75 Å². The molecule has 1 N–H and O–H groups in total. The molecule has 3 aliphatic heterocycles. The number of hydrogen-bond acceptors (Lipinski definition) is 6. The van der Waals surface area contributed by atoms with E-state index in [1.165, 1.54) is 12.3 Å². The molecule has 0 saturated heterocycles. The molecule has 0 spiro atoms. The van der Waals surface area contributed by atoms with Gasteiger partial charge in [0.2, 0.25) is 0 Å². The van der Waals surface area contributed by atoms with E-state index in [0.29, 0.717) is 37.0 Å². The summed E-state index contributed by atoms with van der Waals surface area (Å²) in [5, 5.41) is 9.09. The normalized spacial score (nSPS) is 21.3. The van der Waals surface area contributed by atoms with Gasteiger partial charge in [-0.1, -0.05) is 6.92 Å². The lowest BCUT2D eigenvalue weighted by Crippen LogP contribution is -2.36. The number of aromatic carboxylic acids is 1. The second-order valence-corrected chi connectivity index (χ2v) is 5.86. The Hall–Kier alpha value is -3.16. The number of nitrogens with zero attached hydrogens (tertiary/aromatic N) is 4. The fraction of sp³-hybridized carbons (Fsp3) is 0.294. The molecule has 8 heteroatoms. The highest BCUT2D eigenvalue weighted by Crippen LogP contribution is 2.34. The Morgan fingerprint density at radius 1 is 1.48 bits per heavy atom. The Kier molecular flexibility index (Phi) is 3.52. The van der Waals surface area contributed by atoms with Crippen LogP contribution in [-0.2, 0) is 4.79 Å². The number of fused-ring (bicyclic) bond motifs is 2. The van der Waals surface area contributed by atoms with Crippen LogP contribution < -0.4 is 9.64 Å². The number of pyridine rings is 1. The molecular formula is C17H16N4O4. The number of amidine groups is 1. The molecule has 8 nitrogen and oxygen atoms in total. The first-order chi connectivity index (χ1) is 12.1. The van der Waals surface area contributed by atoms with E-state index in [4.69, 9.17) is 9.84 Å². The summed E-state index contributed by atoms with van der Waals surface area (Å²) in [7, 11) is 0. The molecule has 0 aromatic carbocycles. The minimum atomic E-state index is -1.05. The van der Waals surface area contributed by atoms with Crippen LogP contribution in [0.3, 0.4) is 0 Å². The first kappa shape index (κ1) is 15.4. The second-order valence-electron chi connectivity index (χ2n) is 5.86. The van der Waals surface area contributed by atoms with Gasteiger partial charge in [-0.25, -0.2) is 9.78 Å². The zero-order valence-electron chi connectivity index (χ0n) is 13.5. The van der Waals surface area contributed by atoms with Gasteiger partial charge in [0.1, 0.15) is 18.5 Å². The van der Waals surface area contributed by atoms with Crippen molar-refractivity contribution in [1.29, 1.82) is 0 Å². The molecule has 1 atom stereocenters. The van der Waals surface area contributed by atoms with Gasteiger partial charge in [0, 0.05) is 30.2 Å². The van der Waals surface area contributed by atoms with Crippen molar-refractivity contribution in [2.24, 2.45) is 4.99 Å². The van der Waals surface area contributed by atoms with Crippen molar-refractivity contribution < 1.29 is 19.4 Å². The van der Waals surface area contributed by atoms with Crippen molar-refractivity contribution in [3.63, 3.8) is 0 Å². The number of ether oxygens (including phenoxy) is 1. The molecule has 1 amide bonds. The molecule has 0 fully saturated rings. The third-order valence-electron chi connectivity index (χ3n) is 4.34. The fourth-order valence-electron chi connectivity index (χ4n) is 3.04. The number of aromatic nitrogens is 1. The molecule has 0 saturated carbocycles. The molecule has 1 aromatic rings. The number of rotatable bonds is 3. The van der Waals surface area contributed by atoms with Gasteiger partial charge in [0.05, 0.1) is 12.1 Å². The van der Waals surface area contributed by atoms with Gasteiger partial charge in [0.25, 0.3) is 5.91 Å². The highest BCUT2D eigenvalue weighted by atomic mass is 16.5. The molecule has 1 aromatic heterocycles. The van der Waals surface area contributed by atoms with Crippen molar-refractivity contribution >= 4 is 23.5 Å². The third-order valence-corrected chi connectivity index (χ3v) is 4.34. The van der Waals surface area contributed by atoms with Crippen molar-refractivity contribution in [2.75, 3.05) is 18.1 Å². The number of anilines is 1. The van der Waals surface area contributed by atoms with E-state index in [-0.39, 0.29) is 17.5 Å². The molecule has 4 rings (SSSR count). The van der Waals surface area contributed by atoms with E-state index in [2.05, 4.69) is 9.98 Å². The Morgan fingerprint density at radius 3 is 3.08 bits per heavy atom. The zero-order valence-corrected chi connectivity index (χ0v) is 13.5. The topological polar surface area (TPSA) is 95.3 Å². The quantitative estimate of drug-likeness (QED) is 0.894. The van der Waals surface area contributed by atoms with E-state index in [1.807, 2.05) is 24.0 Å². The Morgan fingerprint density at radius 2 is 2.32 bits per heavy atom. The van der Waals surface area contributed by atoms with Crippen LogP contribution in [-0.4, -0.2) is 51.9 Å². The number of amides is 1. The Bertz CT molecular complexity index is 858. The van der Waals surface area contributed by atoms with Gasteiger partial charge in [-0.15, -0.1) is 0 Å². The molecule has 3 aliphatic rings. The van der Waals surface area contributed by atoms with Crippen LogP contribution in [0.15, 0.2) is 41.3 Å². The van der Waals surface area contributed by atoms with Crippen molar-refractivity contribution in [3.05, 3.63) is 41.9 Å². The number of aliphatic imine (C=N–C) groups is 1. The van der Waals surface area contributed by atoms with Crippen LogP contribution in [0.1, 0.15) is 23.7 Å². The molecule has 0 radical (unpaired) electrons. The molecule has 0 aliphatic carbocycles. The minimum absolute atomic E-state index is 0.0179. The second kappa shape index (κ2) is 5.73. The number of carboxylic acids is 1. The van der Waals surface area contributed by atoms with E-state index >= 15 is 0 Å². The molecular weight excluding hydrogens is 324 g/mol. The van der Waals surface area contributed by atoms with Crippen LogP contribution in [0.5, 0.6) is 5.75 Å². The molecule has 4 heterocycles. The van der Waals surface area contributed by atoms with Crippen LogP contribution >= 0.6 is 0 Å². The van der Waals surface area contributed by atoms with Crippen molar-refractivity contribution in [1.82, 2.24) is 9.88 Å². The maximum absolute atomic E-state index is 12.2. The minimum Gasteiger partial charge on any atom is -0.488 e. The smallest absolute Gasteiger partial charge is 0.337 e. The van der Waals surface area contributed by atoms with Crippen LogP contribution in [0.4, 0.5) is 5.82 Å². The standard InChI is InChI=1S/C17H16N4O4/c1-2-12-16(22)21-4-3-11(8-14(21)19-12)20-5-6-25-13-7-10(17(23)24)9-18-15(13)20/h3-4,7-9,12H,2,5-6H2,1H3,(H,23,24). The maximum Gasteiger partial charge on any atom is 0.337 e. The van der Waals surface area contributed by atoms with Gasteiger partial charge in [0.15, 0.2) is 11.6 Å². The summed E-state index contributed by atoms with van der Waals surface area (Å²) in [6.45, 7) is 2.91. The van der Waals surface area contributed by atoms with Crippen LogP contribution in [0.2, 0.25) is 0 Å². The van der Waals surface area contributed by atoms with Gasteiger partial charge in [-0.2, -0.15) is 0 Å². The highest BCUT2D eigenvalue weighted by molar-refractivity contribution is 6.13. The average Bonchev–Trinajstić information content (AvgIpc) is 2.96. The first-order valence-electron chi connectivity index (χ1n) is 8.03. The fourth-order valence-corrected chi connectivity index (χ4v) is 3.04. The number of carbonyl (C=O) groups excluding carboxylic acids is 1. The van der Waals surface area contributed by atoms with Gasteiger partial charge in [-0.3, -0.25) is 14.7 Å². The van der Waals surface area contributed by atoms with E-state index in [9.17, 15) is 9.59 Å². The summed E-state index contributed by atoms with van der Waals surface area (Å²) in [6, 6.07) is 1.14. The number of carbonyl (C=O) groups is 2. The number of allylic oxidation sites excluding steroid dienone is 1. The monoisotopic (exact) mass is 340 g/mol. The van der Waals surface area contributed by atoms with Crippen molar-refractivity contribution in [2.45, 2.75) is 19.4 Å². The summed E-state index contributed by atoms with van der Waals surface area (Å²) in [4.78, 5) is 35.5. The molecule has 25 heavy (non-hydrogen) atoms. The summed E-state index contributed by atoms with van der Waals surface area (Å²) in [5.74, 6) is 0.532. The average molecular weight is 340 g/mol. The molecule has 0 bridgehead atoms. The Balaban J connectivity index is 1.69. The largest absolute Gasteiger partial charge is 0.488 e. The summed E-state index contributed by atoms with van der Waals surface area (Å²) in [5.41, 5.74) is 0.913. The predicted octanol–water partition coefficient (Wildman–Crippen LogP) is 1.41. The molecule has 128 valence electrons. The highest BCUT2D eigenvalue weighted by Gasteiger charge is 2.34. The number of hydrogen-bond donors (Lipinski definition) is 1. The summed E-state index contributed by atoms with van der Waals surface area (Å²) in [6.07, 6.45) is 7.36. The molecule has 1 unspecified atom stereocenters. The van der Waals surface area contributed by atoms with Crippen LogP contribution in [0, 0.1) is 0 Å². The lowest BCUT2D eigenvalue weighted by molar-refractivity contribution is -0.125. The van der Waals surface area contributed by atoms with Crippen LogP contribution in [0.25, 0.3) is 0 Å². The van der Waals surface area contributed by atoms with E-state index in [1.54, 1.807) is 11.1 Å².